The van der Waals surface area contributed by atoms with Crippen molar-refractivity contribution in [1.29, 1.82) is 0 Å². The molecule has 1 N–H and O–H groups in total. The average molecular weight is 248 g/mol. The van der Waals surface area contributed by atoms with Gasteiger partial charge < -0.3 is 5.32 Å². The van der Waals surface area contributed by atoms with Crippen LogP contribution in [0.5, 0.6) is 0 Å². The SMILES string of the molecule is CC#CCNCc1csc(-c2cccs2)n1. The van der Waals surface area contributed by atoms with Crippen LogP contribution in [0, 0.1) is 11.8 Å². The lowest BCUT2D eigenvalue weighted by atomic mass is 10.4. The summed E-state index contributed by atoms with van der Waals surface area (Å²) in [4.78, 5) is 5.81. The zero-order chi connectivity index (χ0) is 11.2. The quantitative estimate of drug-likeness (QED) is 0.664. The Bertz CT molecular complexity index is 489. The van der Waals surface area contributed by atoms with Gasteiger partial charge in [-0.05, 0) is 18.4 Å². The predicted octanol–water partition coefficient (Wildman–Crippen LogP) is 2.98. The number of thiazole rings is 1. The van der Waals surface area contributed by atoms with Crippen molar-refractivity contribution in [2.24, 2.45) is 0 Å². The van der Waals surface area contributed by atoms with Gasteiger partial charge >= 0.3 is 0 Å². The second kappa shape index (κ2) is 5.80. The highest BCUT2D eigenvalue weighted by molar-refractivity contribution is 7.20. The zero-order valence-electron chi connectivity index (χ0n) is 8.99. The van der Waals surface area contributed by atoms with Gasteiger partial charge in [0.05, 0.1) is 17.1 Å². The molecule has 0 fully saturated rings. The Morgan fingerprint density at radius 3 is 3.12 bits per heavy atom. The summed E-state index contributed by atoms with van der Waals surface area (Å²) in [5.74, 6) is 5.82. The lowest BCUT2D eigenvalue weighted by Gasteiger charge is -1.95. The summed E-state index contributed by atoms with van der Waals surface area (Å²) >= 11 is 3.42. The minimum Gasteiger partial charge on any atom is -0.301 e. The second-order valence-electron chi connectivity index (χ2n) is 3.15. The summed E-state index contributed by atoms with van der Waals surface area (Å²) < 4.78 is 0. The van der Waals surface area contributed by atoms with Crippen LogP contribution in [0.3, 0.4) is 0 Å². The first-order valence-corrected chi connectivity index (χ1v) is 6.74. The van der Waals surface area contributed by atoms with E-state index >= 15 is 0 Å². The zero-order valence-corrected chi connectivity index (χ0v) is 10.6. The van der Waals surface area contributed by atoms with Crippen LogP contribution in [0.15, 0.2) is 22.9 Å². The van der Waals surface area contributed by atoms with Crippen LogP contribution in [-0.2, 0) is 6.54 Å². The number of nitrogens with one attached hydrogen (secondary N) is 1. The number of hydrogen-bond acceptors (Lipinski definition) is 4. The third-order valence-corrected chi connectivity index (χ3v) is 3.91. The molecule has 4 heteroatoms. The van der Waals surface area contributed by atoms with Crippen LogP contribution in [0.25, 0.3) is 9.88 Å². The Balaban J connectivity index is 1.94. The third kappa shape index (κ3) is 2.92. The molecule has 0 aliphatic carbocycles. The molecule has 2 heterocycles. The number of nitrogens with zero attached hydrogens (tertiary/aromatic N) is 1. The maximum atomic E-state index is 4.57. The van der Waals surface area contributed by atoms with E-state index < -0.39 is 0 Å². The highest BCUT2D eigenvalue weighted by atomic mass is 32.1. The van der Waals surface area contributed by atoms with Gasteiger partial charge in [-0.15, -0.1) is 28.6 Å². The van der Waals surface area contributed by atoms with Gasteiger partial charge in [0.2, 0.25) is 0 Å². The second-order valence-corrected chi connectivity index (χ2v) is 4.96. The number of thiophene rings is 1. The van der Waals surface area contributed by atoms with E-state index in [4.69, 9.17) is 0 Å². The number of aromatic nitrogens is 1. The van der Waals surface area contributed by atoms with E-state index in [1.165, 1.54) is 4.88 Å². The predicted molar refractivity (Wildman–Crippen MR) is 70.6 cm³/mol. The van der Waals surface area contributed by atoms with Crippen LogP contribution in [0.2, 0.25) is 0 Å². The molecule has 16 heavy (non-hydrogen) atoms. The molecule has 82 valence electrons. The molecular formula is C12H12N2S2. The summed E-state index contributed by atoms with van der Waals surface area (Å²) in [6.45, 7) is 3.36. The molecule has 0 aromatic carbocycles. The highest BCUT2D eigenvalue weighted by Gasteiger charge is 2.04. The molecule has 0 aliphatic rings. The van der Waals surface area contributed by atoms with Gasteiger partial charge in [-0.25, -0.2) is 4.98 Å². The number of rotatable bonds is 4. The first-order valence-electron chi connectivity index (χ1n) is 4.99. The minimum atomic E-state index is 0.725. The molecule has 0 amide bonds. The van der Waals surface area contributed by atoms with Crippen molar-refractivity contribution in [1.82, 2.24) is 10.3 Å². The molecule has 0 saturated heterocycles. The van der Waals surface area contributed by atoms with E-state index in [-0.39, 0.29) is 0 Å². The molecule has 0 aliphatic heterocycles. The van der Waals surface area contributed by atoms with Gasteiger partial charge in [-0.3, -0.25) is 0 Å². The smallest absolute Gasteiger partial charge is 0.133 e. The Kier molecular flexibility index (Phi) is 4.11. The molecule has 0 bridgehead atoms. The topological polar surface area (TPSA) is 24.9 Å². The van der Waals surface area contributed by atoms with Crippen LogP contribution < -0.4 is 5.32 Å². The van der Waals surface area contributed by atoms with Crippen molar-refractivity contribution < 1.29 is 0 Å². The summed E-state index contributed by atoms with van der Waals surface area (Å²) in [5, 5.41) is 8.51. The molecule has 0 saturated carbocycles. The summed E-state index contributed by atoms with van der Waals surface area (Å²) in [7, 11) is 0. The van der Waals surface area contributed by atoms with Gasteiger partial charge in [-0.1, -0.05) is 12.0 Å². The van der Waals surface area contributed by atoms with E-state index in [2.05, 4.69) is 45.0 Å². The van der Waals surface area contributed by atoms with Crippen molar-refractivity contribution in [3.05, 3.63) is 28.6 Å². The van der Waals surface area contributed by atoms with E-state index in [1.54, 1.807) is 22.7 Å². The lowest BCUT2D eigenvalue weighted by Crippen LogP contribution is -2.13. The molecule has 0 radical (unpaired) electrons. The van der Waals surface area contributed by atoms with Gasteiger partial charge in [0.25, 0.3) is 0 Å². The Hall–Kier alpha value is -1.15. The van der Waals surface area contributed by atoms with Crippen molar-refractivity contribution in [2.75, 3.05) is 6.54 Å². The molecule has 2 aromatic heterocycles. The molecule has 0 spiro atoms. The third-order valence-electron chi connectivity index (χ3n) is 1.98. The van der Waals surface area contributed by atoms with Gasteiger partial charge in [-0.2, -0.15) is 0 Å². The monoisotopic (exact) mass is 248 g/mol. The van der Waals surface area contributed by atoms with E-state index in [0.29, 0.717) is 0 Å². The van der Waals surface area contributed by atoms with E-state index in [9.17, 15) is 0 Å². The molecule has 2 nitrogen and oxygen atoms in total. The average Bonchev–Trinajstić information content (AvgIpc) is 2.94. The van der Waals surface area contributed by atoms with Crippen LogP contribution in [0.1, 0.15) is 12.6 Å². The minimum absolute atomic E-state index is 0.725. The highest BCUT2D eigenvalue weighted by Crippen LogP contribution is 2.27. The van der Waals surface area contributed by atoms with Gasteiger partial charge in [0, 0.05) is 11.9 Å². The van der Waals surface area contributed by atoms with Gasteiger partial charge in [0.1, 0.15) is 5.01 Å². The fraction of sp³-hybridized carbons (Fsp3) is 0.250. The largest absolute Gasteiger partial charge is 0.301 e. The number of hydrogen-bond donors (Lipinski definition) is 1. The maximum absolute atomic E-state index is 4.57. The first-order chi connectivity index (χ1) is 7.90. The van der Waals surface area contributed by atoms with E-state index in [0.717, 1.165) is 23.8 Å². The maximum Gasteiger partial charge on any atom is 0.133 e. The Morgan fingerprint density at radius 2 is 2.38 bits per heavy atom. The van der Waals surface area contributed by atoms with Crippen molar-refractivity contribution in [3.63, 3.8) is 0 Å². The summed E-state index contributed by atoms with van der Waals surface area (Å²) in [5.41, 5.74) is 1.09. The molecular weight excluding hydrogens is 236 g/mol. The van der Waals surface area contributed by atoms with Crippen LogP contribution in [0.4, 0.5) is 0 Å². The summed E-state index contributed by atoms with van der Waals surface area (Å²) in [6.07, 6.45) is 0. The van der Waals surface area contributed by atoms with Crippen molar-refractivity contribution in [3.8, 4) is 21.7 Å². The van der Waals surface area contributed by atoms with Crippen molar-refractivity contribution >= 4 is 22.7 Å². The lowest BCUT2D eigenvalue weighted by molar-refractivity contribution is 0.754. The molecule has 2 aromatic rings. The van der Waals surface area contributed by atoms with Crippen LogP contribution in [-0.4, -0.2) is 11.5 Å². The Labute approximate surface area is 103 Å². The Morgan fingerprint density at radius 1 is 1.44 bits per heavy atom. The summed E-state index contributed by atoms with van der Waals surface area (Å²) in [6, 6.07) is 4.15. The van der Waals surface area contributed by atoms with E-state index in [1.807, 2.05) is 6.92 Å². The van der Waals surface area contributed by atoms with Gasteiger partial charge in [0.15, 0.2) is 0 Å². The molecule has 2 rings (SSSR count). The van der Waals surface area contributed by atoms with Crippen LogP contribution >= 0.6 is 22.7 Å². The normalized spacial score (nSPS) is 9.81. The fourth-order valence-electron chi connectivity index (χ4n) is 1.24. The molecule has 0 atom stereocenters. The standard InChI is InChI=1S/C12H12N2S2/c1-2-3-6-13-8-10-9-16-12(14-10)11-5-4-7-15-11/h4-5,7,9,13H,6,8H2,1H3. The molecule has 0 unspecified atom stereocenters. The first kappa shape index (κ1) is 11.3. The fourth-order valence-corrected chi connectivity index (χ4v) is 2.88. The van der Waals surface area contributed by atoms with Crippen molar-refractivity contribution in [2.45, 2.75) is 13.5 Å².